The average Bonchev–Trinajstić information content (AvgIpc) is 3.05. The minimum atomic E-state index is -1.22. The number of rotatable bonds is 15. The summed E-state index contributed by atoms with van der Waals surface area (Å²) in [7, 11) is 0. The van der Waals surface area contributed by atoms with Gasteiger partial charge in [-0.1, -0.05) is 20.3 Å². The van der Waals surface area contributed by atoms with Crippen molar-refractivity contribution in [2.75, 3.05) is 13.1 Å². The maximum absolute atomic E-state index is 12.6. The van der Waals surface area contributed by atoms with E-state index >= 15 is 0 Å². The third kappa shape index (κ3) is 10.1. The van der Waals surface area contributed by atoms with E-state index in [4.69, 9.17) is 5.73 Å². The molecule has 12 nitrogen and oxygen atoms in total. The van der Waals surface area contributed by atoms with Gasteiger partial charge in [-0.3, -0.25) is 24.1 Å². The number of carboxylic acids is 1. The summed E-state index contributed by atoms with van der Waals surface area (Å²) in [6, 6.07) is -2.80. The molecule has 12 heteroatoms. The number of carboxylic acid groups (broad SMARTS) is 1. The maximum atomic E-state index is 12.6. The highest BCUT2D eigenvalue weighted by Crippen LogP contribution is 2.09. The van der Waals surface area contributed by atoms with Gasteiger partial charge in [-0.2, -0.15) is 0 Å². The molecule has 0 saturated carbocycles. The van der Waals surface area contributed by atoms with E-state index in [1.165, 1.54) is 12.2 Å². The number of aliphatic carboxylic acids is 1. The number of hydrogen-bond donors (Lipinski definition) is 5. The Labute approximate surface area is 192 Å². The van der Waals surface area contributed by atoms with Gasteiger partial charge in [0.15, 0.2) is 0 Å². The van der Waals surface area contributed by atoms with Gasteiger partial charge in [-0.05, 0) is 31.6 Å². The van der Waals surface area contributed by atoms with E-state index in [1.807, 2.05) is 0 Å². The highest BCUT2D eigenvalue weighted by Gasteiger charge is 2.28. The third-order valence-corrected chi connectivity index (χ3v) is 5.04. The minimum Gasteiger partial charge on any atom is -0.480 e. The molecule has 0 unspecified atom stereocenters. The lowest BCUT2D eigenvalue weighted by Crippen LogP contribution is -2.53. The van der Waals surface area contributed by atoms with Gasteiger partial charge in [0, 0.05) is 31.7 Å². The summed E-state index contributed by atoms with van der Waals surface area (Å²) in [5.74, 6) is -3.13. The predicted molar refractivity (Wildman–Crippen MR) is 117 cm³/mol. The van der Waals surface area contributed by atoms with Gasteiger partial charge in [-0.15, -0.1) is 0 Å². The first-order chi connectivity index (χ1) is 15.5. The van der Waals surface area contributed by atoms with E-state index in [-0.39, 0.29) is 49.6 Å². The molecule has 0 radical (unpaired) electrons. The Morgan fingerprint density at radius 1 is 1.00 bits per heavy atom. The Balaban J connectivity index is 2.43. The van der Waals surface area contributed by atoms with Crippen LogP contribution in [0.2, 0.25) is 0 Å². The molecule has 1 rings (SSSR count). The summed E-state index contributed by atoms with van der Waals surface area (Å²) in [6.45, 7) is 3.93. The van der Waals surface area contributed by atoms with Gasteiger partial charge in [0.1, 0.15) is 12.1 Å². The second-order valence-electron chi connectivity index (χ2n) is 8.09. The van der Waals surface area contributed by atoms with Crippen molar-refractivity contribution in [3.05, 3.63) is 12.2 Å². The first-order valence-electron chi connectivity index (χ1n) is 10.9. The highest BCUT2D eigenvalue weighted by molar-refractivity contribution is 6.12. The first-order valence-corrected chi connectivity index (χ1v) is 10.9. The summed E-state index contributed by atoms with van der Waals surface area (Å²) in [5.41, 5.74) is 4.95. The molecule has 0 aromatic heterocycles. The fourth-order valence-corrected chi connectivity index (χ4v) is 3.20. The lowest BCUT2D eigenvalue weighted by molar-refractivity contribution is -0.142. The molecule has 1 aliphatic heterocycles. The summed E-state index contributed by atoms with van der Waals surface area (Å²) in [4.78, 5) is 71.1. The zero-order valence-corrected chi connectivity index (χ0v) is 19.0. The van der Waals surface area contributed by atoms with Crippen LogP contribution in [0.25, 0.3) is 0 Å². The van der Waals surface area contributed by atoms with E-state index in [9.17, 15) is 33.9 Å². The number of imide groups is 1. The van der Waals surface area contributed by atoms with Crippen molar-refractivity contribution in [2.45, 2.75) is 64.5 Å². The van der Waals surface area contributed by atoms with Gasteiger partial charge in [0.25, 0.3) is 11.8 Å². The highest BCUT2D eigenvalue weighted by atomic mass is 16.4. The molecular formula is C21H33N5O7. The van der Waals surface area contributed by atoms with Gasteiger partial charge in [0.05, 0.1) is 0 Å². The van der Waals surface area contributed by atoms with E-state index in [1.54, 1.807) is 13.8 Å². The lowest BCUT2D eigenvalue weighted by atomic mass is 10.0. The molecule has 184 valence electrons. The van der Waals surface area contributed by atoms with Crippen LogP contribution in [0, 0.1) is 5.92 Å². The number of urea groups is 1. The summed E-state index contributed by atoms with van der Waals surface area (Å²) in [5, 5.41) is 16.8. The SMILES string of the molecule is CC(C)[C@H](NC(=O)CCCCCN1C(=O)C=CC1=O)C(=O)N[C@@H](CCCNC(N)=O)C(=O)O. The van der Waals surface area contributed by atoms with Crippen LogP contribution in [-0.4, -0.2) is 70.8 Å². The number of amides is 6. The first kappa shape index (κ1) is 27.6. The normalized spacial score (nSPS) is 14.8. The van der Waals surface area contributed by atoms with E-state index < -0.39 is 30.0 Å². The molecule has 6 N–H and O–H groups in total. The predicted octanol–water partition coefficient (Wildman–Crippen LogP) is -0.369. The number of hydrogen-bond acceptors (Lipinski definition) is 6. The number of carbonyl (C=O) groups excluding carboxylic acids is 5. The van der Waals surface area contributed by atoms with Gasteiger partial charge in [0.2, 0.25) is 11.8 Å². The quantitative estimate of drug-likeness (QED) is 0.160. The van der Waals surface area contributed by atoms with Crippen molar-refractivity contribution >= 4 is 35.6 Å². The molecule has 33 heavy (non-hydrogen) atoms. The number of nitrogens with two attached hydrogens (primary N) is 1. The molecule has 2 atom stereocenters. The van der Waals surface area contributed by atoms with Gasteiger partial charge < -0.3 is 26.8 Å². The van der Waals surface area contributed by atoms with Crippen molar-refractivity contribution in [1.29, 1.82) is 0 Å². The number of nitrogens with zero attached hydrogens (tertiary/aromatic N) is 1. The largest absolute Gasteiger partial charge is 0.480 e. The Bertz CT molecular complexity index is 763. The van der Waals surface area contributed by atoms with Crippen LogP contribution in [0.4, 0.5) is 4.79 Å². The molecule has 0 saturated heterocycles. The van der Waals surface area contributed by atoms with Crippen molar-refractivity contribution in [1.82, 2.24) is 20.9 Å². The molecule has 0 aromatic rings. The summed E-state index contributed by atoms with van der Waals surface area (Å²) >= 11 is 0. The van der Waals surface area contributed by atoms with E-state index in [0.29, 0.717) is 25.7 Å². The Kier molecular flexibility index (Phi) is 11.6. The number of primary amides is 1. The molecule has 0 spiro atoms. The second kappa shape index (κ2) is 13.9. The van der Waals surface area contributed by atoms with E-state index in [0.717, 1.165) is 4.90 Å². The fraction of sp³-hybridized carbons (Fsp3) is 0.619. The van der Waals surface area contributed by atoms with Gasteiger partial charge in [-0.25, -0.2) is 9.59 Å². The average molecular weight is 468 g/mol. The molecule has 0 aliphatic carbocycles. The molecule has 1 heterocycles. The maximum Gasteiger partial charge on any atom is 0.326 e. The Hall–Kier alpha value is -3.44. The van der Waals surface area contributed by atoms with Crippen molar-refractivity contribution in [3.8, 4) is 0 Å². The molecule has 1 aliphatic rings. The van der Waals surface area contributed by atoms with Crippen LogP contribution < -0.4 is 21.7 Å². The molecule has 0 fully saturated rings. The second-order valence-corrected chi connectivity index (χ2v) is 8.09. The summed E-state index contributed by atoms with van der Waals surface area (Å²) < 4.78 is 0. The van der Waals surface area contributed by atoms with Crippen molar-refractivity contribution in [3.63, 3.8) is 0 Å². The molecule has 0 bridgehead atoms. The van der Waals surface area contributed by atoms with Crippen LogP contribution in [0.15, 0.2) is 12.2 Å². The smallest absolute Gasteiger partial charge is 0.326 e. The van der Waals surface area contributed by atoms with Gasteiger partial charge >= 0.3 is 12.0 Å². The number of carbonyl (C=O) groups is 6. The summed E-state index contributed by atoms with van der Waals surface area (Å²) in [6.07, 6.45) is 4.65. The van der Waals surface area contributed by atoms with Crippen LogP contribution in [0.1, 0.15) is 52.4 Å². The molecule has 6 amide bonds. The standard InChI is InChI=1S/C21H33N5O7/c1-13(2)18(19(30)24-14(20(31)32)7-6-11-23-21(22)33)25-15(27)8-4-3-5-12-26-16(28)9-10-17(26)29/h9-10,13-14,18H,3-8,11-12H2,1-2H3,(H,24,30)(H,25,27)(H,31,32)(H3,22,23,33)/t14-,18-/m0/s1. The fourth-order valence-electron chi connectivity index (χ4n) is 3.20. The van der Waals surface area contributed by atoms with Crippen LogP contribution in [0.3, 0.4) is 0 Å². The lowest BCUT2D eigenvalue weighted by Gasteiger charge is -2.24. The van der Waals surface area contributed by atoms with Crippen LogP contribution in [0.5, 0.6) is 0 Å². The number of nitrogens with one attached hydrogen (secondary N) is 3. The number of unbranched alkanes of at least 4 members (excludes halogenated alkanes) is 2. The van der Waals surface area contributed by atoms with Crippen LogP contribution >= 0.6 is 0 Å². The zero-order chi connectivity index (χ0) is 25.0. The monoisotopic (exact) mass is 467 g/mol. The zero-order valence-electron chi connectivity index (χ0n) is 19.0. The molecular weight excluding hydrogens is 434 g/mol. The van der Waals surface area contributed by atoms with E-state index in [2.05, 4.69) is 16.0 Å². The third-order valence-electron chi connectivity index (χ3n) is 5.04. The molecule has 0 aromatic carbocycles. The topological polar surface area (TPSA) is 188 Å². The van der Waals surface area contributed by atoms with Crippen molar-refractivity contribution in [2.24, 2.45) is 11.7 Å². The van der Waals surface area contributed by atoms with Crippen molar-refractivity contribution < 1.29 is 33.9 Å². The minimum absolute atomic E-state index is 0.0810. The Morgan fingerprint density at radius 2 is 1.64 bits per heavy atom. The van der Waals surface area contributed by atoms with Crippen LogP contribution in [-0.2, 0) is 24.0 Å². The Morgan fingerprint density at radius 3 is 2.18 bits per heavy atom.